The van der Waals surface area contributed by atoms with Crippen LogP contribution in [0, 0.1) is 11.6 Å². The summed E-state index contributed by atoms with van der Waals surface area (Å²) in [5.74, 6) is -2.06. The summed E-state index contributed by atoms with van der Waals surface area (Å²) in [5, 5.41) is 6.11. The Bertz CT molecular complexity index is 1490. The van der Waals surface area contributed by atoms with Gasteiger partial charge in [0.25, 0.3) is 5.91 Å². The van der Waals surface area contributed by atoms with Crippen LogP contribution in [0.5, 0.6) is 5.75 Å². The molecule has 2 aromatic heterocycles. The van der Waals surface area contributed by atoms with Gasteiger partial charge in [0.05, 0.1) is 31.2 Å². The van der Waals surface area contributed by atoms with Crippen LogP contribution >= 0.6 is 0 Å². The average molecular weight is 539 g/mol. The SMILES string of the molecule is CCc1cc(Nc2nccn3c(-c4ccc(OC)c(F)c4F)cnc23)ccc1C(=O)NCCOC(C)(C)CN. The van der Waals surface area contributed by atoms with E-state index in [1.54, 1.807) is 22.7 Å². The largest absolute Gasteiger partial charge is 0.494 e. The van der Waals surface area contributed by atoms with E-state index < -0.39 is 17.2 Å². The lowest BCUT2D eigenvalue weighted by Crippen LogP contribution is -2.37. The molecule has 0 aliphatic rings. The number of amides is 1. The molecule has 11 heteroatoms. The summed E-state index contributed by atoms with van der Waals surface area (Å²) in [5.41, 5.74) is 8.14. The van der Waals surface area contributed by atoms with Crippen molar-refractivity contribution in [3.63, 3.8) is 0 Å². The zero-order chi connectivity index (χ0) is 28.2. The van der Waals surface area contributed by atoms with E-state index in [0.29, 0.717) is 54.5 Å². The van der Waals surface area contributed by atoms with Crippen LogP contribution in [0.15, 0.2) is 48.9 Å². The summed E-state index contributed by atoms with van der Waals surface area (Å²) in [6.07, 6.45) is 5.24. The minimum Gasteiger partial charge on any atom is -0.494 e. The summed E-state index contributed by atoms with van der Waals surface area (Å²) in [6.45, 7) is 6.85. The molecule has 0 unspecified atom stereocenters. The van der Waals surface area contributed by atoms with Crippen LogP contribution < -0.4 is 21.1 Å². The highest BCUT2D eigenvalue weighted by Gasteiger charge is 2.20. The second-order valence-electron chi connectivity index (χ2n) is 9.47. The molecule has 0 radical (unpaired) electrons. The third-order valence-electron chi connectivity index (χ3n) is 6.34. The van der Waals surface area contributed by atoms with Gasteiger partial charge in [-0.15, -0.1) is 0 Å². The van der Waals surface area contributed by atoms with E-state index >= 15 is 0 Å². The van der Waals surface area contributed by atoms with Crippen LogP contribution in [0.4, 0.5) is 20.3 Å². The number of anilines is 2. The molecule has 0 saturated carbocycles. The number of aromatic nitrogens is 3. The van der Waals surface area contributed by atoms with Gasteiger partial charge in [-0.25, -0.2) is 14.4 Å². The number of nitrogens with one attached hydrogen (secondary N) is 2. The van der Waals surface area contributed by atoms with Crippen LogP contribution in [-0.2, 0) is 11.2 Å². The third-order valence-corrected chi connectivity index (χ3v) is 6.34. The summed E-state index contributed by atoms with van der Waals surface area (Å²) in [4.78, 5) is 21.6. The summed E-state index contributed by atoms with van der Waals surface area (Å²) < 4.78 is 41.3. The maximum Gasteiger partial charge on any atom is 0.251 e. The number of ether oxygens (including phenoxy) is 2. The van der Waals surface area contributed by atoms with Crippen molar-refractivity contribution in [2.24, 2.45) is 5.73 Å². The van der Waals surface area contributed by atoms with Gasteiger partial charge < -0.3 is 25.8 Å². The minimum absolute atomic E-state index is 0.0403. The number of aryl methyl sites for hydroxylation is 1. The summed E-state index contributed by atoms with van der Waals surface area (Å²) in [6, 6.07) is 8.20. The van der Waals surface area contributed by atoms with Gasteiger partial charge >= 0.3 is 0 Å². The number of methoxy groups -OCH3 is 1. The molecule has 2 heterocycles. The second kappa shape index (κ2) is 11.7. The fourth-order valence-electron chi connectivity index (χ4n) is 4.06. The third kappa shape index (κ3) is 5.99. The molecule has 4 rings (SSSR count). The zero-order valence-corrected chi connectivity index (χ0v) is 22.3. The number of halogens is 2. The lowest BCUT2D eigenvalue weighted by Gasteiger charge is -2.23. The molecule has 0 spiro atoms. The topological polar surface area (TPSA) is 116 Å². The lowest BCUT2D eigenvalue weighted by molar-refractivity contribution is -0.00809. The Morgan fingerprint density at radius 1 is 1.15 bits per heavy atom. The van der Waals surface area contributed by atoms with Gasteiger partial charge in [0.15, 0.2) is 23.0 Å². The van der Waals surface area contributed by atoms with Crippen molar-refractivity contribution >= 4 is 23.1 Å². The monoisotopic (exact) mass is 538 g/mol. The molecule has 4 N–H and O–H groups in total. The summed E-state index contributed by atoms with van der Waals surface area (Å²) >= 11 is 0. The van der Waals surface area contributed by atoms with Gasteiger partial charge in [-0.3, -0.25) is 9.20 Å². The minimum atomic E-state index is -1.07. The van der Waals surface area contributed by atoms with Crippen molar-refractivity contribution in [2.75, 3.05) is 32.1 Å². The van der Waals surface area contributed by atoms with E-state index in [9.17, 15) is 13.6 Å². The Labute approximate surface area is 225 Å². The Balaban J connectivity index is 1.54. The molecule has 9 nitrogen and oxygen atoms in total. The quantitative estimate of drug-likeness (QED) is 0.241. The number of benzene rings is 2. The van der Waals surface area contributed by atoms with Gasteiger partial charge in [0.2, 0.25) is 5.82 Å². The number of carbonyl (C=O) groups is 1. The highest BCUT2D eigenvalue weighted by atomic mass is 19.2. The summed E-state index contributed by atoms with van der Waals surface area (Å²) in [7, 11) is 1.28. The first kappa shape index (κ1) is 27.9. The van der Waals surface area contributed by atoms with E-state index in [0.717, 1.165) is 5.56 Å². The molecule has 0 aliphatic heterocycles. The fourth-order valence-corrected chi connectivity index (χ4v) is 4.06. The number of nitrogens with zero attached hydrogens (tertiary/aromatic N) is 3. The van der Waals surface area contributed by atoms with E-state index in [2.05, 4.69) is 20.6 Å². The molecule has 0 saturated heterocycles. The average Bonchev–Trinajstić information content (AvgIpc) is 3.37. The molecule has 2 aromatic carbocycles. The Morgan fingerprint density at radius 3 is 2.67 bits per heavy atom. The van der Waals surface area contributed by atoms with Crippen molar-refractivity contribution in [3.05, 3.63) is 71.7 Å². The maximum absolute atomic E-state index is 14.8. The van der Waals surface area contributed by atoms with Crippen LogP contribution in [0.1, 0.15) is 36.7 Å². The fraction of sp³-hybridized carbons (Fsp3) is 0.321. The van der Waals surface area contributed by atoms with Crippen LogP contribution in [-0.4, -0.2) is 52.7 Å². The molecule has 206 valence electrons. The lowest BCUT2D eigenvalue weighted by atomic mass is 10.0. The normalized spacial score (nSPS) is 11.6. The first-order chi connectivity index (χ1) is 18.7. The van der Waals surface area contributed by atoms with Gasteiger partial charge in [-0.2, -0.15) is 4.39 Å². The Hall–Kier alpha value is -4.09. The van der Waals surface area contributed by atoms with E-state index in [4.69, 9.17) is 15.2 Å². The first-order valence-electron chi connectivity index (χ1n) is 12.6. The molecule has 0 aliphatic carbocycles. The molecular formula is C28H32F2N6O3. The van der Waals surface area contributed by atoms with E-state index in [1.807, 2.05) is 26.8 Å². The molecule has 39 heavy (non-hydrogen) atoms. The predicted molar refractivity (Wildman–Crippen MR) is 145 cm³/mol. The molecule has 1 amide bonds. The molecular weight excluding hydrogens is 506 g/mol. The number of hydrogen-bond donors (Lipinski definition) is 3. The van der Waals surface area contributed by atoms with Crippen molar-refractivity contribution < 1.29 is 23.0 Å². The number of carbonyl (C=O) groups excluding carboxylic acids is 1. The molecule has 0 fully saturated rings. The van der Waals surface area contributed by atoms with Crippen molar-refractivity contribution in [3.8, 4) is 17.0 Å². The maximum atomic E-state index is 14.8. The second-order valence-corrected chi connectivity index (χ2v) is 9.47. The molecule has 0 atom stereocenters. The van der Waals surface area contributed by atoms with Crippen LogP contribution in [0.25, 0.3) is 16.9 Å². The first-order valence-corrected chi connectivity index (χ1v) is 12.6. The Kier molecular flexibility index (Phi) is 8.41. The zero-order valence-electron chi connectivity index (χ0n) is 22.3. The number of nitrogens with two attached hydrogens (primary N) is 1. The number of fused-ring (bicyclic) bond motifs is 1. The molecule has 0 bridgehead atoms. The van der Waals surface area contributed by atoms with Crippen LogP contribution in [0.2, 0.25) is 0 Å². The van der Waals surface area contributed by atoms with E-state index in [-0.39, 0.29) is 17.2 Å². The van der Waals surface area contributed by atoms with Gasteiger partial charge in [-0.1, -0.05) is 6.92 Å². The highest BCUT2D eigenvalue weighted by molar-refractivity contribution is 5.96. The van der Waals surface area contributed by atoms with Crippen molar-refractivity contribution in [1.82, 2.24) is 19.7 Å². The van der Waals surface area contributed by atoms with Gasteiger partial charge in [0.1, 0.15) is 0 Å². The Morgan fingerprint density at radius 2 is 1.95 bits per heavy atom. The highest BCUT2D eigenvalue weighted by Crippen LogP contribution is 2.31. The van der Waals surface area contributed by atoms with Crippen molar-refractivity contribution in [1.29, 1.82) is 0 Å². The van der Waals surface area contributed by atoms with Gasteiger partial charge in [0, 0.05) is 42.3 Å². The van der Waals surface area contributed by atoms with Crippen molar-refractivity contribution in [2.45, 2.75) is 32.8 Å². The molecule has 4 aromatic rings. The van der Waals surface area contributed by atoms with Gasteiger partial charge in [-0.05, 0) is 56.2 Å². The number of hydrogen-bond acceptors (Lipinski definition) is 7. The predicted octanol–water partition coefficient (Wildman–Crippen LogP) is 4.47. The van der Waals surface area contributed by atoms with E-state index in [1.165, 1.54) is 31.6 Å². The number of imidazole rings is 1. The van der Waals surface area contributed by atoms with Crippen LogP contribution in [0.3, 0.4) is 0 Å². The smallest absolute Gasteiger partial charge is 0.251 e. The standard InChI is InChI=1S/C28H32F2N6O3/c1-5-17-14-18(6-7-19(17)27(37)33-11-13-39-28(2,3)16-31)35-25-26-34-15-21(36(26)12-10-32-25)20-8-9-22(38-4)24(30)23(20)29/h6-10,12,14-15H,5,11,13,16,31H2,1-4H3,(H,32,35)(H,33,37). The number of rotatable bonds is 11.